The third-order valence-corrected chi connectivity index (χ3v) is 5.93. The Morgan fingerprint density at radius 2 is 1.69 bits per heavy atom. The van der Waals surface area contributed by atoms with Gasteiger partial charge in [-0.05, 0) is 61.9 Å². The van der Waals surface area contributed by atoms with Crippen molar-refractivity contribution in [2.75, 3.05) is 18.2 Å². The number of carbonyl (C=O) groups excluding carboxylic acids is 1. The van der Waals surface area contributed by atoms with Gasteiger partial charge in [0.05, 0.1) is 18.6 Å². The average molecular weight is 445 g/mol. The fourth-order valence-corrected chi connectivity index (χ4v) is 4.03. The van der Waals surface area contributed by atoms with E-state index in [0.717, 1.165) is 33.8 Å². The molecule has 0 unspecified atom stereocenters. The maximum absolute atomic E-state index is 12.5. The first-order valence-electron chi connectivity index (χ1n) is 10.2. The fraction of sp³-hybridized carbons (Fsp3) is 0.160. The van der Waals surface area contributed by atoms with Crippen LogP contribution in [0.25, 0.3) is 17.1 Å². The van der Waals surface area contributed by atoms with Crippen LogP contribution in [-0.2, 0) is 4.79 Å². The molecule has 0 spiro atoms. The molecular formula is C25H24N4O2S. The highest BCUT2D eigenvalue weighted by atomic mass is 32.2. The Labute approximate surface area is 191 Å². The van der Waals surface area contributed by atoms with Gasteiger partial charge in [-0.2, -0.15) is 0 Å². The van der Waals surface area contributed by atoms with Crippen molar-refractivity contribution < 1.29 is 9.53 Å². The van der Waals surface area contributed by atoms with Crippen LogP contribution in [-0.4, -0.2) is 33.5 Å². The molecule has 6 nitrogen and oxygen atoms in total. The largest absolute Gasteiger partial charge is 0.497 e. The number of carbonyl (C=O) groups is 1. The molecule has 0 bridgehead atoms. The number of para-hydroxylation sites is 1. The van der Waals surface area contributed by atoms with Gasteiger partial charge in [0.2, 0.25) is 5.91 Å². The first kappa shape index (κ1) is 21.6. The summed E-state index contributed by atoms with van der Waals surface area (Å²) in [7, 11) is 1.64. The van der Waals surface area contributed by atoms with Gasteiger partial charge >= 0.3 is 0 Å². The number of rotatable bonds is 7. The Kier molecular flexibility index (Phi) is 6.56. The van der Waals surface area contributed by atoms with Crippen molar-refractivity contribution in [3.05, 3.63) is 83.9 Å². The number of benzene rings is 3. The molecule has 3 aromatic carbocycles. The molecule has 32 heavy (non-hydrogen) atoms. The third-order valence-electron chi connectivity index (χ3n) is 5.01. The van der Waals surface area contributed by atoms with Crippen LogP contribution < -0.4 is 10.1 Å². The molecule has 4 aromatic rings. The molecule has 0 atom stereocenters. The fourth-order valence-electron chi connectivity index (χ4n) is 3.29. The topological polar surface area (TPSA) is 69.0 Å². The zero-order chi connectivity index (χ0) is 22.5. The Morgan fingerprint density at radius 3 is 2.38 bits per heavy atom. The van der Waals surface area contributed by atoms with Crippen molar-refractivity contribution in [2.45, 2.75) is 19.0 Å². The number of thioether (sulfide) groups is 1. The van der Waals surface area contributed by atoms with E-state index >= 15 is 0 Å². The SMILES string of the molecule is COc1ccc(-c2nnc(SCC(=O)Nc3ccc(C)cc3)n2-c2ccccc2C)cc1. The van der Waals surface area contributed by atoms with Gasteiger partial charge in [-0.1, -0.05) is 47.7 Å². The molecule has 1 heterocycles. The Hall–Kier alpha value is -3.58. The molecular weight excluding hydrogens is 420 g/mol. The molecule has 0 saturated carbocycles. The minimum atomic E-state index is -0.0933. The third kappa shape index (κ3) is 4.84. The van der Waals surface area contributed by atoms with Crippen LogP contribution in [0.3, 0.4) is 0 Å². The monoisotopic (exact) mass is 444 g/mol. The van der Waals surface area contributed by atoms with Gasteiger partial charge in [-0.25, -0.2) is 0 Å². The smallest absolute Gasteiger partial charge is 0.234 e. The van der Waals surface area contributed by atoms with Crippen LogP contribution in [0.1, 0.15) is 11.1 Å². The van der Waals surface area contributed by atoms with Gasteiger partial charge in [-0.3, -0.25) is 9.36 Å². The van der Waals surface area contributed by atoms with E-state index in [0.29, 0.717) is 11.0 Å². The minimum absolute atomic E-state index is 0.0933. The lowest BCUT2D eigenvalue weighted by atomic mass is 10.1. The zero-order valence-electron chi connectivity index (χ0n) is 18.2. The number of aromatic nitrogens is 3. The summed E-state index contributed by atoms with van der Waals surface area (Å²) in [5, 5.41) is 12.4. The number of nitrogens with zero attached hydrogens (tertiary/aromatic N) is 3. The molecule has 0 saturated heterocycles. The number of hydrogen-bond acceptors (Lipinski definition) is 5. The van der Waals surface area contributed by atoms with Crippen LogP contribution in [0, 0.1) is 13.8 Å². The van der Waals surface area contributed by atoms with Crippen molar-refractivity contribution in [3.63, 3.8) is 0 Å². The van der Waals surface area contributed by atoms with Crippen LogP contribution in [0.5, 0.6) is 5.75 Å². The second-order valence-corrected chi connectivity index (χ2v) is 8.30. The number of hydrogen-bond donors (Lipinski definition) is 1. The predicted octanol–water partition coefficient (Wildman–Crippen LogP) is 5.29. The number of aryl methyl sites for hydroxylation is 2. The van der Waals surface area contributed by atoms with E-state index in [2.05, 4.69) is 15.5 Å². The molecule has 0 radical (unpaired) electrons. The summed E-state index contributed by atoms with van der Waals surface area (Å²) in [6.45, 7) is 4.06. The minimum Gasteiger partial charge on any atom is -0.497 e. The Morgan fingerprint density at radius 1 is 0.969 bits per heavy atom. The lowest BCUT2D eigenvalue weighted by molar-refractivity contribution is -0.113. The summed E-state index contributed by atoms with van der Waals surface area (Å²) >= 11 is 1.36. The molecule has 7 heteroatoms. The van der Waals surface area contributed by atoms with Gasteiger partial charge in [0, 0.05) is 11.3 Å². The molecule has 1 N–H and O–H groups in total. The molecule has 1 aromatic heterocycles. The first-order valence-corrected chi connectivity index (χ1v) is 11.2. The van der Waals surface area contributed by atoms with Gasteiger partial charge in [-0.15, -0.1) is 10.2 Å². The predicted molar refractivity (Wildman–Crippen MR) is 129 cm³/mol. The van der Waals surface area contributed by atoms with Crippen LogP contribution in [0.4, 0.5) is 5.69 Å². The van der Waals surface area contributed by atoms with Gasteiger partial charge in [0.25, 0.3) is 0 Å². The van der Waals surface area contributed by atoms with Crippen molar-refractivity contribution in [3.8, 4) is 22.8 Å². The summed E-state index contributed by atoms with van der Waals surface area (Å²) in [6.07, 6.45) is 0. The maximum Gasteiger partial charge on any atom is 0.234 e. The highest BCUT2D eigenvalue weighted by Gasteiger charge is 2.18. The van der Waals surface area contributed by atoms with Crippen molar-refractivity contribution in [2.24, 2.45) is 0 Å². The quantitative estimate of drug-likeness (QED) is 0.392. The molecule has 162 valence electrons. The molecule has 1 amide bonds. The van der Waals surface area contributed by atoms with Crippen LogP contribution >= 0.6 is 11.8 Å². The van der Waals surface area contributed by atoms with Crippen LogP contribution in [0.2, 0.25) is 0 Å². The van der Waals surface area contributed by atoms with Crippen molar-refractivity contribution >= 4 is 23.4 Å². The lowest BCUT2D eigenvalue weighted by Gasteiger charge is -2.13. The Bertz CT molecular complexity index is 1220. The first-order chi connectivity index (χ1) is 15.5. The number of methoxy groups -OCH3 is 1. The van der Waals surface area contributed by atoms with Crippen LogP contribution in [0.15, 0.2) is 78.0 Å². The normalized spacial score (nSPS) is 10.7. The van der Waals surface area contributed by atoms with Crippen molar-refractivity contribution in [1.29, 1.82) is 0 Å². The number of anilines is 1. The van der Waals surface area contributed by atoms with Crippen molar-refractivity contribution in [1.82, 2.24) is 14.8 Å². The van der Waals surface area contributed by atoms with E-state index in [-0.39, 0.29) is 11.7 Å². The average Bonchev–Trinajstić information content (AvgIpc) is 3.23. The van der Waals surface area contributed by atoms with E-state index in [4.69, 9.17) is 4.74 Å². The Balaban J connectivity index is 1.61. The van der Waals surface area contributed by atoms with Gasteiger partial charge in [0.1, 0.15) is 5.75 Å². The molecule has 4 rings (SSSR count). The standard InChI is InChI=1S/C25H24N4O2S/c1-17-8-12-20(13-9-17)26-23(30)16-32-25-28-27-24(19-10-14-21(31-3)15-11-19)29(25)22-7-5-4-6-18(22)2/h4-15H,16H2,1-3H3,(H,26,30). The second kappa shape index (κ2) is 9.70. The summed E-state index contributed by atoms with van der Waals surface area (Å²) in [4.78, 5) is 12.5. The summed E-state index contributed by atoms with van der Waals surface area (Å²) in [6, 6.07) is 23.5. The second-order valence-electron chi connectivity index (χ2n) is 7.36. The van der Waals surface area contributed by atoms with E-state index < -0.39 is 0 Å². The molecule has 0 aliphatic rings. The van der Waals surface area contributed by atoms with Gasteiger partial charge < -0.3 is 10.1 Å². The highest BCUT2D eigenvalue weighted by molar-refractivity contribution is 7.99. The zero-order valence-corrected chi connectivity index (χ0v) is 19.0. The summed E-state index contributed by atoms with van der Waals surface area (Å²) in [5.41, 5.74) is 4.91. The number of nitrogens with one attached hydrogen (secondary N) is 1. The maximum atomic E-state index is 12.5. The highest BCUT2D eigenvalue weighted by Crippen LogP contribution is 2.30. The number of ether oxygens (including phenoxy) is 1. The summed E-state index contributed by atoms with van der Waals surface area (Å²) in [5.74, 6) is 1.62. The van der Waals surface area contributed by atoms with E-state index in [9.17, 15) is 4.79 Å². The molecule has 0 aliphatic carbocycles. The summed E-state index contributed by atoms with van der Waals surface area (Å²) < 4.78 is 7.27. The molecule has 0 fully saturated rings. The van der Waals surface area contributed by atoms with E-state index in [1.807, 2.05) is 91.2 Å². The number of amides is 1. The van der Waals surface area contributed by atoms with Gasteiger partial charge in [0.15, 0.2) is 11.0 Å². The van der Waals surface area contributed by atoms with E-state index in [1.165, 1.54) is 11.8 Å². The molecule has 0 aliphatic heterocycles. The van der Waals surface area contributed by atoms with E-state index in [1.54, 1.807) is 7.11 Å². The lowest BCUT2D eigenvalue weighted by Crippen LogP contribution is -2.14.